The van der Waals surface area contributed by atoms with Crippen LogP contribution in [0.15, 0.2) is 16.8 Å². The first-order valence-electron chi connectivity index (χ1n) is 9.86. The van der Waals surface area contributed by atoms with Crippen molar-refractivity contribution in [1.29, 1.82) is 0 Å². The van der Waals surface area contributed by atoms with Crippen LogP contribution in [0.3, 0.4) is 0 Å². The molecule has 1 fully saturated rings. The van der Waals surface area contributed by atoms with E-state index >= 15 is 0 Å². The van der Waals surface area contributed by atoms with E-state index < -0.39 is 12.1 Å². The van der Waals surface area contributed by atoms with Crippen LogP contribution in [0.4, 0.5) is 5.69 Å². The fourth-order valence-electron chi connectivity index (χ4n) is 3.43. The summed E-state index contributed by atoms with van der Waals surface area (Å²) >= 11 is 1.19. The number of nitrogens with zero attached hydrogens (tertiary/aromatic N) is 4. The van der Waals surface area contributed by atoms with E-state index in [0.717, 1.165) is 23.5 Å². The minimum atomic E-state index is -0.515. The molecule has 31 heavy (non-hydrogen) atoms. The number of nitrogens with one attached hydrogen (secondary N) is 1. The molecule has 1 saturated heterocycles. The number of anilines is 1. The molecular weight excluding hydrogens is 422 g/mol. The number of aryl methyl sites for hydroxylation is 1. The average molecular weight is 446 g/mol. The number of pyridine rings is 1. The second kappa shape index (κ2) is 9.08. The van der Waals surface area contributed by atoms with Crippen LogP contribution in [0, 0.1) is 6.92 Å². The van der Waals surface area contributed by atoms with Crippen LogP contribution in [0.5, 0.6) is 0 Å². The van der Waals surface area contributed by atoms with Crippen molar-refractivity contribution in [1.82, 2.24) is 20.2 Å². The largest absolute Gasteiger partial charge is 0.465 e. The highest BCUT2D eigenvalue weighted by molar-refractivity contribution is 7.21. The maximum Gasteiger partial charge on any atom is 0.350 e. The van der Waals surface area contributed by atoms with Gasteiger partial charge in [0, 0.05) is 25.1 Å². The highest BCUT2D eigenvalue weighted by Gasteiger charge is 2.27. The Hall–Kier alpha value is -2.89. The minimum Gasteiger partial charge on any atom is -0.465 e. The second-order valence-corrected chi connectivity index (χ2v) is 8.41. The first kappa shape index (κ1) is 21.3. The maximum absolute atomic E-state index is 12.6. The van der Waals surface area contributed by atoms with E-state index in [1.165, 1.54) is 18.4 Å². The number of hydrogen-bond donors (Lipinski definition) is 1. The van der Waals surface area contributed by atoms with Gasteiger partial charge in [-0.2, -0.15) is 0 Å². The van der Waals surface area contributed by atoms with Gasteiger partial charge in [-0.15, -0.1) is 11.3 Å². The van der Waals surface area contributed by atoms with Crippen molar-refractivity contribution in [3.63, 3.8) is 0 Å². The third kappa shape index (κ3) is 4.58. The van der Waals surface area contributed by atoms with Gasteiger partial charge in [0.05, 0.1) is 18.5 Å². The summed E-state index contributed by atoms with van der Waals surface area (Å²) in [5.74, 6) is -0.777. The summed E-state index contributed by atoms with van der Waals surface area (Å²) in [6, 6.07) is 3.74. The quantitative estimate of drug-likeness (QED) is 0.547. The molecule has 1 N–H and O–H groups in total. The number of fused-ring (bicyclic) bond motifs is 1. The number of ether oxygens (including phenoxy) is 2. The van der Waals surface area contributed by atoms with Crippen molar-refractivity contribution < 1.29 is 23.7 Å². The van der Waals surface area contributed by atoms with Gasteiger partial charge in [-0.05, 0) is 38.9 Å². The lowest BCUT2D eigenvalue weighted by atomic mass is 10.2. The highest BCUT2D eigenvalue weighted by Crippen LogP contribution is 2.36. The molecule has 0 saturated carbocycles. The normalized spacial score (nSPS) is 16.2. The van der Waals surface area contributed by atoms with Crippen molar-refractivity contribution >= 4 is 39.1 Å². The van der Waals surface area contributed by atoms with Gasteiger partial charge < -0.3 is 14.8 Å². The van der Waals surface area contributed by atoms with Crippen molar-refractivity contribution in [2.24, 2.45) is 0 Å². The number of aromatic nitrogens is 3. The lowest BCUT2D eigenvalue weighted by Gasteiger charge is -2.14. The summed E-state index contributed by atoms with van der Waals surface area (Å²) in [6.45, 7) is 3.53. The van der Waals surface area contributed by atoms with Crippen LogP contribution in [-0.2, 0) is 27.4 Å². The molecule has 0 radical (unpaired) electrons. The molecule has 11 heteroatoms. The molecule has 0 aliphatic carbocycles. The van der Waals surface area contributed by atoms with Crippen molar-refractivity contribution in [2.45, 2.75) is 39.0 Å². The van der Waals surface area contributed by atoms with Crippen molar-refractivity contribution in [3.8, 4) is 0 Å². The van der Waals surface area contributed by atoms with E-state index in [-0.39, 0.29) is 5.91 Å². The number of esters is 1. The van der Waals surface area contributed by atoms with E-state index in [1.807, 2.05) is 31.0 Å². The number of methoxy groups -OCH3 is 1. The standard InChI is InChI=1S/C20H23N5O5S/c1-11-14(24-30-23-11)10-25(2)9-12-6-7-13-16(22-18(26)15-5-4-8-29-15)17(20(27)28-3)31-19(13)21-12/h6-7,15H,4-5,8-10H2,1-3H3,(H,22,26)/t15-/m1/s1. The third-order valence-electron chi connectivity index (χ3n) is 5.05. The van der Waals surface area contributed by atoms with Gasteiger partial charge in [-0.3, -0.25) is 9.69 Å². The molecule has 1 aliphatic heterocycles. The SMILES string of the molecule is COC(=O)c1sc2nc(CN(C)Cc3nonc3C)ccc2c1NC(=O)[C@H]1CCCO1. The van der Waals surface area contributed by atoms with Gasteiger partial charge in [-0.25, -0.2) is 14.4 Å². The first-order valence-corrected chi connectivity index (χ1v) is 10.7. The monoisotopic (exact) mass is 445 g/mol. The topological polar surface area (TPSA) is 120 Å². The van der Waals surface area contributed by atoms with Crippen molar-refractivity contribution in [3.05, 3.63) is 34.1 Å². The zero-order valence-corrected chi connectivity index (χ0v) is 18.3. The molecule has 0 unspecified atom stereocenters. The minimum absolute atomic E-state index is 0.261. The first-order chi connectivity index (χ1) is 15.0. The molecule has 4 rings (SSSR count). The van der Waals surface area contributed by atoms with Crippen LogP contribution in [0.2, 0.25) is 0 Å². The summed E-state index contributed by atoms with van der Waals surface area (Å²) in [5.41, 5.74) is 2.76. The zero-order chi connectivity index (χ0) is 22.0. The number of thiophene rings is 1. The van der Waals surface area contributed by atoms with Crippen LogP contribution in [0.1, 0.15) is 39.6 Å². The third-order valence-corrected chi connectivity index (χ3v) is 6.13. The van der Waals surface area contributed by atoms with Crippen LogP contribution < -0.4 is 5.32 Å². The van der Waals surface area contributed by atoms with Crippen LogP contribution in [-0.4, -0.2) is 58.9 Å². The van der Waals surface area contributed by atoms with Gasteiger partial charge in [0.2, 0.25) is 0 Å². The molecule has 10 nitrogen and oxygen atoms in total. The van der Waals surface area contributed by atoms with E-state index in [9.17, 15) is 9.59 Å². The Morgan fingerprint density at radius 2 is 2.16 bits per heavy atom. The van der Waals surface area contributed by atoms with Gasteiger partial charge in [0.25, 0.3) is 5.91 Å². The number of hydrogen-bond acceptors (Lipinski definition) is 10. The fraction of sp³-hybridized carbons (Fsp3) is 0.450. The Morgan fingerprint density at radius 1 is 1.32 bits per heavy atom. The number of carbonyl (C=O) groups excluding carboxylic acids is 2. The van der Waals surface area contributed by atoms with E-state index in [2.05, 4.69) is 15.6 Å². The van der Waals surface area contributed by atoms with Crippen molar-refractivity contribution in [2.75, 3.05) is 26.1 Å². The maximum atomic E-state index is 12.6. The summed E-state index contributed by atoms with van der Waals surface area (Å²) in [5, 5.41) is 11.2. The fourth-order valence-corrected chi connectivity index (χ4v) is 4.50. The molecule has 4 heterocycles. The van der Waals surface area contributed by atoms with E-state index in [1.54, 1.807) is 0 Å². The molecule has 0 bridgehead atoms. The molecule has 0 spiro atoms. The smallest absolute Gasteiger partial charge is 0.350 e. The molecule has 3 aromatic heterocycles. The molecule has 1 aliphatic rings. The Bertz CT molecular complexity index is 1100. The van der Waals surface area contributed by atoms with Gasteiger partial charge >= 0.3 is 5.97 Å². The molecular formula is C20H23N5O5S. The number of rotatable bonds is 7. The zero-order valence-electron chi connectivity index (χ0n) is 17.5. The lowest BCUT2D eigenvalue weighted by molar-refractivity contribution is -0.124. The summed E-state index contributed by atoms with van der Waals surface area (Å²) in [4.78, 5) is 32.6. The van der Waals surface area contributed by atoms with Gasteiger partial charge in [-0.1, -0.05) is 10.3 Å². The second-order valence-electron chi connectivity index (χ2n) is 7.41. The number of carbonyl (C=O) groups is 2. The number of amides is 1. The van der Waals surface area contributed by atoms with E-state index in [0.29, 0.717) is 46.9 Å². The predicted molar refractivity (Wildman–Crippen MR) is 113 cm³/mol. The molecule has 1 amide bonds. The Balaban J connectivity index is 1.58. The van der Waals surface area contributed by atoms with Crippen LogP contribution >= 0.6 is 11.3 Å². The Labute approximate surface area is 182 Å². The van der Waals surface area contributed by atoms with E-state index in [4.69, 9.17) is 19.1 Å². The van der Waals surface area contributed by atoms with Gasteiger partial charge in [0.15, 0.2) is 0 Å². The van der Waals surface area contributed by atoms with Crippen LogP contribution in [0.25, 0.3) is 10.2 Å². The average Bonchev–Trinajstić information content (AvgIpc) is 3.49. The highest BCUT2D eigenvalue weighted by atomic mass is 32.1. The Kier molecular flexibility index (Phi) is 6.25. The predicted octanol–water partition coefficient (Wildman–Crippen LogP) is 2.52. The molecule has 3 aromatic rings. The molecule has 1 atom stereocenters. The molecule has 164 valence electrons. The van der Waals surface area contributed by atoms with Gasteiger partial charge in [0.1, 0.15) is 27.2 Å². The molecule has 0 aromatic carbocycles. The summed E-state index contributed by atoms with van der Waals surface area (Å²) in [6.07, 6.45) is 1.00. The Morgan fingerprint density at radius 3 is 2.84 bits per heavy atom. The lowest BCUT2D eigenvalue weighted by Crippen LogP contribution is -2.27. The summed E-state index contributed by atoms with van der Waals surface area (Å²) in [7, 11) is 3.26. The summed E-state index contributed by atoms with van der Waals surface area (Å²) < 4.78 is 15.1.